The number of carbonyl (C=O) groups is 2. The minimum atomic E-state index is -0.801. The van der Waals surface area contributed by atoms with Crippen LogP contribution in [-0.2, 0) is 9.59 Å². The van der Waals surface area contributed by atoms with Gasteiger partial charge in [0.05, 0.1) is 12.6 Å². The van der Waals surface area contributed by atoms with Crippen LogP contribution in [0, 0.1) is 5.92 Å². The number of nitrogens with one attached hydrogen (secondary N) is 1. The van der Waals surface area contributed by atoms with E-state index in [2.05, 4.69) is 19.2 Å². The molecule has 1 heterocycles. The second-order valence-electron chi connectivity index (χ2n) is 5.54. The van der Waals surface area contributed by atoms with Gasteiger partial charge in [-0.2, -0.15) is 0 Å². The Morgan fingerprint density at radius 3 is 2.67 bits per heavy atom. The molecule has 2 N–H and O–H groups in total. The Morgan fingerprint density at radius 1 is 1.43 bits per heavy atom. The van der Waals surface area contributed by atoms with Crippen LogP contribution in [0.1, 0.15) is 37.6 Å². The lowest BCUT2D eigenvalue weighted by Crippen LogP contribution is -2.39. The number of hydrogen-bond donors (Lipinski definition) is 2. The molecule has 1 aromatic rings. The van der Waals surface area contributed by atoms with E-state index in [9.17, 15) is 9.59 Å². The van der Waals surface area contributed by atoms with Crippen molar-refractivity contribution in [3.05, 3.63) is 22.4 Å². The first-order valence-electron chi connectivity index (χ1n) is 7.13. The fourth-order valence-corrected chi connectivity index (χ4v) is 3.03. The van der Waals surface area contributed by atoms with Crippen molar-refractivity contribution >= 4 is 23.2 Å². The number of hydrogen-bond acceptors (Lipinski definition) is 4. The van der Waals surface area contributed by atoms with Crippen LogP contribution < -0.4 is 5.32 Å². The SMILES string of the molecule is CC(C)C(NC(=O)CN(C)CCCC(=O)O)c1cccs1. The highest BCUT2D eigenvalue weighted by molar-refractivity contribution is 7.10. The van der Waals surface area contributed by atoms with Crippen molar-refractivity contribution in [1.82, 2.24) is 10.2 Å². The number of carbonyl (C=O) groups excluding carboxylic acids is 1. The maximum atomic E-state index is 12.1. The van der Waals surface area contributed by atoms with E-state index < -0.39 is 5.97 Å². The summed E-state index contributed by atoms with van der Waals surface area (Å²) in [4.78, 5) is 25.6. The average Bonchev–Trinajstić information content (AvgIpc) is 2.88. The molecule has 5 nitrogen and oxygen atoms in total. The van der Waals surface area contributed by atoms with Crippen LogP contribution in [0.4, 0.5) is 0 Å². The molecule has 0 fully saturated rings. The Balaban J connectivity index is 2.42. The lowest BCUT2D eigenvalue weighted by atomic mass is 10.0. The number of carboxylic acids is 1. The first-order chi connectivity index (χ1) is 9.90. The molecule has 0 aliphatic heterocycles. The summed E-state index contributed by atoms with van der Waals surface area (Å²) in [6, 6.07) is 4.05. The molecule has 1 unspecified atom stereocenters. The summed E-state index contributed by atoms with van der Waals surface area (Å²) in [7, 11) is 1.83. The van der Waals surface area contributed by atoms with Crippen LogP contribution in [0.5, 0.6) is 0 Å². The van der Waals surface area contributed by atoms with Crippen molar-refractivity contribution < 1.29 is 14.7 Å². The zero-order valence-corrected chi connectivity index (χ0v) is 13.7. The first kappa shape index (κ1) is 17.7. The molecular formula is C15H24N2O3S. The molecule has 0 aliphatic carbocycles. The predicted octanol–water partition coefficient (Wildman–Crippen LogP) is 2.36. The third-order valence-electron chi connectivity index (χ3n) is 3.18. The third-order valence-corrected chi connectivity index (χ3v) is 4.13. The van der Waals surface area contributed by atoms with Gasteiger partial charge in [0.1, 0.15) is 0 Å². The van der Waals surface area contributed by atoms with Crippen molar-refractivity contribution in [2.24, 2.45) is 5.92 Å². The highest BCUT2D eigenvalue weighted by atomic mass is 32.1. The molecule has 0 radical (unpaired) electrons. The topological polar surface area (TPSA) is 69.6 Å². The fraction of sp³-hybridized carbons (Fsp3) is 0.600. The van der Waals surface area contributed by atoms with Crippen LogP contribution in [-0.4, -0.2) is 42.0 Å². The van der Waals surface area contributed by atoms with E-state index in [1.165, 1.54) is 0 Å². The van der Waals surface area contributed by atoms with Crippen LogP contribution in [0.15, 0.2) is 17.5 Å². The van der Waals surface area contributed by atoms with Crippen molar-refractivity contribution in [1.29, 1.82) is 0 Å². The molecule has 1 atom stereocenters. The molecule has 0 spiro atoms. The maximum absolute atomic E-state index is 12.1. The summed E-state index contributed by atoms with van der Waals surface area (Å²) in [6.45, 7) is 5.06. The summed E-state index contributed by atoms with van der Waals surface area (Å²) in [5.41, 5.74) is 0. The van der Waals surface area contributed by atoms with Crippen LogP contribution in [0.25, 0.3) is 0 Å². The normalized spacial score (nSPS) is 12.6. The van der Waals surface area contributed by atoms with Gasteiger partial charge in [-0.1, -0.05) is 19.9 Å². The molecule has 0 saturated heterocycles. The molecule has 1 amide bonds. The molecule has 21 heavy (non-hydrogen) atoms. The van der Waals surface area contributed by atoms with Crippen molar-refractivity contribution in [3.63, 3.8) is 0 Å². The Bertz CT molecular complexity index is 446. The van der Waals surface area contributed by atoms with Crippen LogP contribution in [0.2, 0.25) is 0 Å². The quantitative estimate of drug-likeness (QED) is 0.734. The van der Waals surface area contributed by atoms with Gasteiger partial charge in [-0.15, -0.1) is 11.3 Å². The van der Waals surface area contributed by atoms with Gasteiger partial charge >= 0.3 is 5.97 Å². The summed E-state index contributed by atoms with van der Waals surface area (Å²) >= 11 is 1.64. The number of amides is 1. The minimum absolute atomic E-state index is 0.0278. The van der Waals surface area contributed by atoms with Gasteiger partial charge in [-0.05, 0) is 37.4 Å². The minimum Gasteiger partial charge on any atom is -0.481 e. The Labute approximate surface area is 130 Å². The number of aliphatic carboxylic acids is 1. The van der Waals surface area contributed by atoms with Gasteiger partial charge in [-0.25, -0.2) is 0 Å². The highest BCUT2D eigenvalue weighted by Gasteiger charge is 2.19. The zero-order valence-electron chi connectivity index (χ0n) is 12.8. The molecule has 0 saturated carbocycles. The highest BCUT2D eigenvalue weighted by Crippen LogP contribution is 2.25. The van der Waals surface area contributed by atoms with Gasteiger partial charge in [0.15, 0.2) is 0 Å². The second-order valence-corrected chi connectivity index (χ2v) is 6.52. The summed E-state index contributed by atoms with van der Waals surface area (Å²) < 4.78 is 0. The molecular weight excluding hydrogens is 288 g/mol. The molecule has 0 bridgehead atoms. The standard InChI is InChI=1S/C15H24N2O3S/c1-11(2)15(12-6-5-9-21-12)16-13(18)10-17(3)8-4-7-14(19)20/h5-6,9,11,15H,4,7-8,10H2,1-3H3,(H,16,18)(H,19,20). The van der Waals surface area contributed by atoms with Gasteiger partial charge in [0.2, 0.25) is 5.91 Å². The van der Waals surface area contributed by atoms with Gasteiger partial charge in [0.25, 0.3) is 0 Å². The Hall–Kier alpha value is -1.40. The monoisotopic (exact) mass is 312 g/mol. The zero-order chi connectivity index (χ0) is 15.8. The van der Waals surface area contributed by atoms with E-state index in [0.717, 1.165) is 4.88 Å². The summed E-state index contributed by atoms with van der Waals surface area (Å²) in [6.07, 6.45) is 0.688. The van der Waals surface area contributed by atoms with Crippen molar-refractivity contribution in [2.75, 3.05) is 20.1 Å². The van der Waals surface area contributed by atoms with E-state index in [1.807, 2.05) is 29.5 Å². The number of rotatable bonds is 9. The van der Waals surface area contributed by atoms with Gasteiger partial charge in [-0.3, -0.25) is 14.5 Å². The average molecular weight is 312 g/mol. The van der Waals surface area contributed by atoms with Crippen molar-refractivity contribution in [3.8, 4) is 0 Å². The van der Waals surface area contributed by atoms with Gasteiger partial charge < -0.3 is 10.4 Å². The van der Waals surface area contributed by atoms with E-state index in [4.69, 9.17) is 5.11 Å². The number of thiophene rings is 1. The van der Waals surface area contributed by atoms with E-state index in [0.29, 0.717) is 18.9 Å². The molecule has 0 aromatic carbocycles. The molecule has 6 heteroatoms. The first-order valence-corrected chi connectivity index (χ1v) is 8.01. The maximum Gasteiger partial charge on any atom is 0.303 e. The van der Waals surface area contributed by atoms with E-state index in [1.54, 1.807) is 11.3 Å². The summed E-state index contributed by atoms with van der Waals surface area (Å²) in [5.74, 6) is -0.504. The number of likely N-dealkylation sites (N-methyl/N-ethyl adjacent to an activating group) is 1. The predicted molar refractivity (Wildman–Crippen MR) is 84.4 cm³/mol. The second kappa shape index (κ2) is 8.79. The summed E-state index contributed by atoms with van der Waals surface area (Å²) in [5, 5.41) is 13.7. The van der Waals surface area contributed by atoms with Crippen molar-refractivity contribution in [2.45, 2.75) is 32.7 Å². The molecule has 1 aromatic heterocycles. The van der Waals surface area contributed by atoms with E-state index >= 15 is 0 Å². The molecule has 0 aliphatic rings. The Kier molecular flexibility index (Phi) is 7.39. The smallest absolute Gasteiger partial charge is 0.303 e. The van der Waals surface area contributed by atoms with Crippen LogP contribution >= 0.6 is 11.3 Å². The van der Waals surface area contributed by atoms with Gasteiger partial charge in [0, 0.05) is 11.3 Å². The lowest BCUT2D eigenvalue weighted by molar-refractivity contribution is -0.137. The molecule has 118 valence electrons. The van der Waals surface area contributed by atoms with Crippen LogP contribution in [0.3, 0.4) is 0 Å². The largest absolute Gasteiger partial charge is 0.481 e. The molecule has 1 rings (SSSR count). The van der Waals surface area contributed by atoms with E-state index in [-0.39, 0.29) is 24.9 Å². The Morgan fingerprint density at radius 2 is 2.14 bits per heavy atom. The lowest BCUT2D eigenvalue weighted by Gasteiger charge is -2.23. The fourth-order valence-electron chi connectivity index (χ4n) is 2.08. The third kappa shape index (κ3) is 6.73. The number of carboxylic acid groups (broad SMARTS) is 1. The number of nitrogens with zero attached hydrogens (tertiary/aromatic N) is 1.